The average Bonchev–Trinajstić information content (AvgIpc) is 3.14. The van der Waals surface area contributed by atoms with Gasteiger partial charge < -0.3 is 20.7 Å². The summed E-state index contributed by atoms with van der Waals surface area (Å²) < 4.78 is 18.6. The second-order valence-electron chi connectivity index (χ2n) is 8.55. The van der Waals surface area contributed by atoms with Crippen molar-refractivity contribution in [3.63, 3.8) is 0 Å². The molecule has 4 rings (SSSR count). The number of alkyl carbamates (subject to hydrolysis) is 1. The monoisotopic (exact) mass is 424 g/mol. The molecule has 9 heteroatoms. The topological polar surface area (TPSA) is 106 Å². The summed E-state index contributed by atoms with van der Waals surface area (Å²) in [6, 6.07) is 9.72. The smallest absolute Gasteiger partial charge is 0.407 e. The van der Waals surface area contributed by atoms with E-state index in [2.05, 4.69) is 15.3 Å². The number of carbonyl (C=O) groups is 1. The molecule has 1 fully saturated rings. The van der Waals surface area contributed by atoms with Gasteiger partial charge >= 0.3 is 6.09 Å². The van der Waals surface area contributed by atoms with Crippen molar-refractivity contribution in [2.75, 3.05) is 23.7 Å². The predicted octanol–water partition coefficient (Wildman–Crippen LogP) is 3.52. The van der Waals surface area contributed by atoms with E-state index in [4.69, 9.17) is 15.5 Å². The maximum Gasteiger partial charge on any atom is 0.407 e. The van der Waals surface area contributed by atoms with Crippen molar-refractivity contribution in [2.24, 2.45) is 0 Å². The van der Waals surface area contributed by atoms with Crippen LogP contribution in [-0.4, -0.2) is 45.8 Å². The molecule has 0 radical (unpaired) electrons. The summed E-state index contributed by atoms with van der Waals surface area (Å²) in [5.74, 6) is 0.462. The number of hydrogen-bond acceptors (Lipinski definition) is 7. The molecule has 1 aromatic carbocycles. The Hall–Kier alpha value is -3.49. The number of halogens is 1. The van der Waals surface area contributed by atoms with Gasteiger partial charge in [-0.05, 0) is 63.6 Å². The Bertz CT molecular complexity index is 1110. The molecule has 1 atom stereocenters. The van der Waals surface area contributed by atoms with Crippen molar-refractivity contribution in [1.82, 2.24) is 20.3 Å². The van der Waals surface area contributed by atoms with E-state index in [9.17, 15) is 9.18 Å². The second-order valence-corrected chi connectivity index (χ2v) is 8.55. The molecule has 31 heavy (non-hydrogen) atoms. The number of carbonyl (C=O) groups excluding carboxylic acids is 1. The molecule has 1 amide bonds. The number of aromatic nitrogens is 3. The predicted molar refractivity (Wildman–Crippen MR) is 117 cm³/mol. The number of fused-ring (bicyclic) bond motifs is 1. The molecular formula is C22H25FN6O2. The lowest BCUT2D eigenvalue weighted by molar-refractivity contribution is 0.0509. The molecule has 3 N–H and O–H groups in total. The third-order valence-corrected chi connectivity index (χ3v) is 4.89. The second kappa shape index (κ2) is 7.98. The lowest BCUT2D eigenvalue weighted by Gasteiger charge is -2.22. The zero-order chi connectivity index (χ0) is 22.2. The summed E-state index contributed by atoms with van der Waals surface area (Å²) in [6.07, 6.45) is 0.297. The van der Waals surface area contributed by atoms with Crippen molar-refractivity contribution in [2.45, 2.75) is 38.8 Å². The Labute approximate surface area is 179 Å². The Balaban J connectivity index is 1.60. The molecule has 162 valence electrons. The Morgan fingerprint density at radius 2 is 1.90 bits per heavy atom. The van der Waals surface area contributed by atoms with E-state index in [-0.39, 0.29) is 17.8 Å². The van der Waals surface area contributed by atoms with Gasteiger partial charge in [-0.25, -0.2) is 19.2 Å². The lowest BCUT2D eigenvalue weighted by atomic mass is 10.1. The number of nitrogens with one attached hydrogen (secondary N) is 1. The molecule has 0 aliphatic carbocycles. The van der Waals surface area contributed by atoms with Gasteiger partial charge in [0.15, 0.2) is 5.82 Å². The van der Waals surface area contributed by atoms with Crippen LogP contribution in [0.1, 0.15) is 27.2 Å². The largest absolute Gasteiger partial charge is 0.444 e. The highest BCUT2D eigenvalue weighted by atomic mass is 19.1. The lowest BCUT2D eigenvalue weighted by Crippen LogP contribution is -2.40. The molecule has 8 nitrogen and oxygen atoms in total. The van der Waals surface area contributed by atoms with E-state index >= 15 is 0 Å². The highest BCUT2D eigenvalue weighted by molar-refractivity contribution is 5.88. The zero-order valence-corrected chi connectivity index (χ0v) is 17.7. The van der Waals surface area contributed by atoms with Gasteiger partial charge in [0.1, 0.15) is 16.9 Å². The number of benzene rings is 1. The van der Waals surface area contributed by atoms with E-state index in [1.54, 1.807) is 12.1 Å². The van der Waals surface area contributed by atoms with Crippen LogP contribution in [0.25, 0.3) is 22.3 Å². The van der Waals surface area contributed by atoms with Crippen molar-refractivity contribution >= 4 is 28.9 Å². The molecular weight excluding hydrogens is 399 g/mol. The van der Waals surface area contributed by atoms with Crippen LogP contribution < -0.4 is 16.0 Å². The molecule has 3 aromatic rings. The minimum atomic E-state index is -0.555. The molecule has 0 spiro atoms. The van der Waals surface area contributed by atoms with Crippen LogP contribution in [0, 0.1) is 5.82 Å². The fourth-order valence-electron chi connectivity index (χ4n) is 3.56. The van der Waals surface area contributed by atoms with Crippen LogP contribution in [0.3, 0.4) is 0 Å². The van der Waals surface area contributed by atoms with Crippen LogP contribution in [0.15, 0.2) is 36.4 Å². The molecule has 2 aromatic heterocycles. The maximum atomic E-state index is 13.3. The molecule has 1 aliphatic heterocycles. The summed E-state index contributed by atoms with van der Waals surface area (Å²) in [5, 5.41) is 2.91. The third-order valence-electron chi connectivity index (χ3n) is 4.89. The van der Waals surface area contributed by atoms with E-state index in [0.717, 1.165) is 12.0 Å². The highest BCUT2D eigenvalue weighted by Crippen LogP contribution is 2.29. The van der Waals surface area contributed by atoms with E-state index < -0.39 is 11.7 Å². The van der Waals surface area contributed by atoms with Crippen molar-refractivity contribution in [3.05, 3.63) is 42.2 Å². The molecule has 3 heterocycles. The standard InChI is InChI=1S/C22H25FN6O2/c1-22(2,3)31-21(30)25-15-10-11-29(12-15)19-18-17(27-20(24)28-19)9-8-16(26-18)13-4-6-14(23)7-5-13/h4-9,15H,10-12H2,1-3H3,(H,25,30)(H2,24,27,28)/t15-/m0/s1. The van der Waals surface area contributed by atoms with Gasteiger partial charge in [0.25, 0.3) is 0 Å². The molecule has 1 aliphatic rings. The summed E-state index contributed by atoms with van der Waals surface area (Å²) in [7, 11) is 0. The number of pyridine rings is 1. The minimum Gasteiger partial charge on any atom is -0.444 e. The summed E-state index contributed by atoms with van der Waals surface area (Å²) >= 11 is 0. The normalized spacial score (nSPS) is 16.5. The van der Waals surface area contributed by atoms with Gasteiger partial charge in [0, 0.05) is 18.7 Å². The molecule has 0 bridgehead atoms. The van der Waals surface area contributed by atoms with Crippen LogP contribution in [0.5, 0.6) is 0 Å². The highest BCUT2D eigenvalue weighted by Gasteiger charge is 2.28. The zero-order valence-electron chi connectivity index (χ0n) is 17.7. The Morgan fingerprint density at radius 1 is 1.16 bits per heavy atom. The van der Waals surface area contributed by atoms with Gasteiger partial charge in [0.2, 0.25) is 5.95 Å². The number of ether oxygens (including phenoxy) is 1. The molecule has 1 saturated heterocycles. The number of anilines is 2. The fraction of sp³-hybridized carbons (Fsp3) is 0.364. The fourth-order valence-corrected chi connectivity index (χ4v) is 3.56. The first-order valence-electron chi connectivity index (χ1n) is 10.1. The first-order valence-corrected chi connectivity index (χ1v) is 10.1. The van der Waals surface area contributed by atoms with Crippen LogP contribution >= 0.6 is 0 Å². The van der Waals surface area contributed by atoms with Crippen LogP contribution in [0.2, 0.25) is 0 Å². The Kier molecular flexibility index (Phi) is 5.34. The number of nitrogen functional groups attached to an aromatic ring is 1. The quantitative estimate of drug-likeness (QED) is 0.663. The summed E-state index contributed by atoms with van der Waals surface area (Å²) in [5.41, 5.74) is 8.08. The molecule has 0 saturated carbocycles. The van der Waals surface area contributed by atoms with Gasteiger partial charge in [-0.15, -0.1) is 0 Å². The Morgan fingerprint density at radius 3 is 2.61 bits per heavy atom. The van der Waals surface area contributed by atoms with Crippen molar-refractivity contribution in [1.29, 1.82) is 0 Å². The first-order chi connectivity index (χ1) is 14.7. The van der Waals surface area contributed by atoms with Crippen molar-refractivity contribution in [3.8, 4) is 11.3 Å². The minimum absolute atomic E-state index is 0.0821. The number of nitrogens with zero attached hydrogens (tertiary/aromatic N) is 4. The number of amides is 1. The molecule has 0 unspecified atom stereocenters. The van der Waals surface area contributed by atoms with Gasteiger partial charge in [-0.1, -0.05) is 0 Å². The summed E-state index contributed by atoms with van der Waals surface area (Å²) in [4.78, 5) is 27.6. The van der Waals surface area contributed by atoms with Crippen LogP contribution in [-0.2, 0) is 4.74 Å². The van der Waals surface area contributed by atoms with E-state index in [0.29, 0.717) is 35.6 Å². The number of hydrogen-bond donors (Lipinski definition) is 2. The average molecular weight is 424 g/mol. The van der Waals surface area contributed by atoms with E-state index in [1.807, 2.05) is 37.8 Å². The van der Waals surface area contributed by atoms with Gasteiger partial charge in [-0.2, -0.15) is 4.98 Å². The van der Waals surface area contributed by atoms with E-state index in [1.165, 1.54) is 12.1 Å². The SMILES string of the molecule is CC(C)(C)OC(=O)N[C@H]1CCN(c2nc(N)nc3ccc(-c4ccc(F)cc4)nc23)C1. The first kappa shape index (κ1) is 20.8. The summed E-state index contributed by atoms with van der Waals surface area (Å²) in [6.45, 7) is 6.71. The number of nitrogens with two attached hydrogens (primary N) is 1. The van der Waals surface area contributed by atoms with Crippen molar-refractivity contribution < 1.29 is 13.9 Å². The maximum absolute atomic E-state index is 13.3. The van der Waals surface area contributed by atoms with Gasteiger partial charge in [0.05, 0.1) is 17.3 Å². The van der Waals surface area contributed by atoms with Gasteiger partial charge in [-0.3, -0.25) is 0 Å². The third kappa shape index (κ3) is 4.82. The number of rotatable bonds is 3. The van der Waals surface area contributed by atoms with Crippen LogP contribution in [0.4, 0.5) is 21.0 Å².